The molecule has 0 aliphatic heterocycles. The second-order valence-electron chi connectivity index (χ2n) is 3.94. The van der Waals surface area contributed by atoms with Crippen molar-refractivity contribution in [2.24, 2.45) is 0 Å². The van der Waals surface area contributed by atoms with Gasteiger partial charge in [-0.25, -0.2) is 0 Å². The maximum atomic E-state index is 5.68. The molecule has 18 heavy (non-hydrogen) atoms. The highest BCUT2D eigenvalue weighted by atomic mass is 79.9. The molecule has 1 unspecified atom stereocenters. The number of alkyl halides is 1. The van der Waals surface area contributed by atoms with Gasteiger partial charge in [0.05, 0.1) is 15.2 Å². The third kappa shape index (κ3) is 2.98. The van der Waals surface area contributed by atoms with E-state index in [4.69, 9.17) is 4.74 Å². The second kappa shape index (κ2) is 6.22. The Kier molecular flexibility index (Phi) is 4.87. The molecule has 0 N–H and O–H groups in total. The van der Waals surface area contributed by atoms with Crippen LogP contribution in [0.15, 0.2) is 34.1 Å². The fourth-order valence-electron chi connectivity index (χ4n) is 1.74. The molecular weight excluding hydrogens is 376 g/mol. The number of hydrogen-bond donors (Lipinski definition) is 0. The fourth-order valence-corrected chi connectivity index (χ4v) is 4.10. The van der Waals surface area contributed by atoms with Crippen molar-refractivity contribution in [1.29, 1.82) is 0 Å². The molecule has 1 aromatic carbocycles. The summed E-state index contributed by atoms with van der Waals surface area (Å²) in [6, 6.07) is 10.4. The molecule has 0 aliphatic rings. The molecule has 1 nitrogen and oxygen atoms in total. The van der Waals surface area contributed by atoms with Crippen molar-refractivity contribution in [3.8, 4) is 5.75 Å². The van der Waals surface area contributed by atoms with Crippen LogP contribution in [0.1, 0.15) is 27.8 Å². The third-order valence-electron chi connectivity index (χ3n) is 2.62. The van der Waals surface area contributed by atoms with Gasteiger partial charge in [0.25, 0.3) is 0 Å². The minimum atomic E-state index is 0.176. The summed E-state index contributed by atoms with van der Waals surface area (Å²) in [5, 5.41) is 0. The minimum Gasteiger partial charge on any atom is -0.494 e. The monoisotopic (exact) mass is 388 g/mol. The van der Waals surface area contributed by atoms with Gasteiger partial charge in [-0.1, -0.05) is 34.1 Å². The van der Waals surface area contributed by atoms with Crippen molar-refractivity contribution in [1.82, 2.24) is 0 Å². The number of halogens is 2. The highest BCUT2D eigenvalue weighted by molar-refractivity contribution is 9.11. The van der Waals surface area contributed by atoms with Crippen LogP contribution in [0, 0.1) is 6.92 Å². The lowest BCUT2D eigenvalue weighted by molar-refractivity contribution is 0.337. The Morgan fingerprint density at radius 2 is 2.06 bits per heavy atom. The molecular formula is C14H14Br2OS. The number of hydrogen-bond acceptors (Lipinski definition) is 2. The Balaban J connectivity index is 2.36. The van der Waals surface area contributed by atoms with E-state index in [2.05, 4.69) is 50.9 Å². The molecule has 0 saturated heterocycles. The van der Waals surface area contributed by atoms with Gasteiger partial charge in [-0.2, -0.15) is 0 Å². The average molecular weight is 390 g/mol. The zero-order chi connectivity index (χ0) is 13.1. The van der Waals surface area contributed by atoms with E-state index >= 15 is 0 Å². The van der Waals surface area contributed by atoms with Crippen LogP contribution in [0.3, 0.4) is 0 Å². The number of rotatable bonds is 4. The van der Waals surface area contributed by atoms with Crippen LogP contribution in [-0.2, 0) is 0 Å². The van der Waals surface area contributed by atoms with Gasteiger partial charge in [0.2, 0.25) is 0 Å². The molecule has 1 heterocycles. The summed E-state index contributed by atoms with van der Waals surface area (Å²) < 4.78 is 6.87. The van der Waals surface area contributed by atoms with E-state index in [0.717, 1.165) is 5.75 Å². The van der Waals surface area contributed by atoms with Crippen LogP contribution in [0.5, 0.6) is 5.75 Å². The third-order valence-corrected chi connectivity index (χ3v) is 6.11. The van der Waals surface area contributed by atoms with Crippen LogP contribution >= 0.6 is 43.2 Å². The summed E-state index contributed by atoms with van der Waals surface area (Å²) >= 11 is 9.10. The molecule has 0 fully saturated rings. The Labute approximate surface area is 128 Å². The number of aryl methyl sites for hydroxylation is 1. The van der Waals surface area contributed by atoms with Gasteiger partial charge < -0.3 is 4.74 Å². The maximum absolute atomic E-state index is 5.68. The molecule has 0 amide bonds. The van der Waals surface area contributed by atoms with E-state index in [1.54, 1.807) is 11.3 Å². The Morgan fingerprint density at radius 1 is 1.33 bits per heavy atom. The van der Waals surface area contributed by atoms with E-state index in [9.17, 15) is 0 Å². The lowest BCUT2D eigenvalue weighted by Gasteiger charge is -2.13. The van der Waals surface area contributed by atoms with Crippen molar-refractivity contribution >= 4 is 43.2 Å². The van der Waals surface area contributed by atoms with Gasteiger partial charge in [0.15, 0.2) is 0 Å². The second-order valence-corrected chi connectivity index (χ2v) is 7.26. The first kappa shape index (κ1) is 14.1. The van der Waals surface area contributed by atoms with Crippen molar-refractivity contribution in [3.05, 3.63) is 50.1 Å². The largest absolute Gasteiger partial charge is 0.494 e. The first-order valence-corrected chi connectivity index (χ1v) is 8.27. The Bertz CT molecular complexity index is 517. The number of ether oxygens (including phenoxy) is 1. The molecule has 0 saturated carbocycles. The Morgan fingerprint density at radius 3 is 2.67 bits per heavy atom. The van der Waals surface area contributed by atoms with Gasteiger partial charge >= 0.3 is 0 Å². The summed E-state index contributed by atoms with van der Waals surface area (Å²) in [7, 11) is 0. The van der Waals surface area contributed by atoms with Crippen LogP contribution in [0.25, 0.3) is 0 Å². The predicted octanol–water partition coefficient (Wildman–Crippen LogP) is 5.70. The molecule has 1 atom stereocenters. The molecule has 2 rings (SSSR count). The molecule has 1 aromatic heterocycles. The number of thiophene rings is 1. The van der Waals surface area contributed by atoms with Gasteiger partial charge in [-0.15, -0.1) is 11.3 Å². The smallest absolute Gasteiger partial charge is 0.123 e. The first-order chi connectivity index (χ1) is 8.63. The van der Waals surface area contributed by atoms with Crippen molar-refractivity contribution in [3.63, 3.8) is 0 Å². The number of benzene rings is 1. The summed E-state index contributed by atoms with van der Waals surface area (Å²) in [6.07, 6.45) is 0. The Hall–Kier alpha value is -0.320. The highest BCUT2D eigenvalue weighted by Gasteiger charge is 2.17. The van der Waals surface area contributed by atoms with Gasteiger partial charge in [-0.3, -0.25) is 0 Å². The van der Waals surface area contributed by atoms with Crippen molar-refractivity contribution < 1.29 is 4.74 Å². The van der Waals surface area contributed by atoms with E-state index in [1.165, 1.54) is 19.8 Å². The normalized spacial score (nSPS) is 12.4. The van der Waals surface area contributed by atoms with Crippen LogP contribution in [0.2, 0.25) is 0 Å². The quantitative estimate of drug-likeness (QED) is 0.609. The van der Waals surface area contributed by atoms with Crippen molar-refractivity contribution in [2.45, 2.75) is 18.7 Å². The summed E-state index contributed by atoms with van der Waals surface area (Å²) in [5.74, 6) is 0.948. The molecule has 0 radical (unpaired) electrons. The first-order valence-electron chi connectivity index (χ1n) is 5.75. The lowest BCUT2D eigenvalue weighted by Crippen LogP contribution is -1.98. The predicted molar refractivity (Wildman–Crippen MR) is 85.1 cm³/mol. The molecule has 0 bridgehead atoms. The molecule has 0 aliphatic carbocycles. The summed E-state index contributed by atoms with van der Waals surface area (Å²) in [4.78, 5) is 1.46. The summed E-state index contributed by atoms with van der Waals surface area (Å²) in [5.41, 5.74) is 2.45. The average Bonchev–Trinajstić information content (AvgIpc) is 2.70. The molecule has 4 heteroatoms. The molecule has 2 aromatic rings. The van der Waals surface area contributed by atoms with Crippen LogP contribution in [-0.4, -0.2) is 6.61 Å². The topological polar surface area (TPSA) is 9.23 Å². The number of para-hydroxylation sites is 1. The maximum Gasteiger partial charge on any atom is 0.123 e. The van der Waals surface area contributed by atoms with Gasteiger partial charge in [-0.05, 0) is 47.5 Å². The molecule has 96 valence electrons. The summed E-state index contributed by atoms with van der Waals surface area (Å²) in [6.45, 7) is 4.80. The zero-order valence-corrected chi connectivity index (χ0v) is 14.2. The zero-order valence-electron chi connectivity index (χ0n) is 10.2. The highest BCUT2D eigenvalue weighted by Crippen LogP contribution is 2.41. The van der Waals surface area contributed by atoms with E-state index in [1.807, 2.05) is 25.1 Å². The van der Waals surface area contributed by atoms with E-state index in [-0.39, 0.29) is 4.83 Å². The van der Waals surface area contributed by atoms with Gasteiger partial charge in [0, 0.05) is 10.4 Å². The van der Waals surface area contributed by atoms with Gasteiger partial charge in [0.1, 0.15) is 5.75 Å². The fraction of sp³-hybridized carbons (Fsp3) is 0.286. The van der Waals surface area contributed by atoms with Crippen LogP contribution in [0.4, 0.5) is 0 Å². The van der Waals surface area contributed by atoms with Crippen molar-refractivity contribution in [2.75, 3.05) is 6.61 Å². The van der Waals surface area contributed by atoms with E-state index in [0.29, 0.717) is 6.61 Å². The SMILES string of the molecule is CCOc1ccccc1C(Br)c1cc(C)c(Br)s1. The van der Waals surface area contributed by atoms with Crippen LogP contribution < -0.4 is 4.74 Å². The standard InChI is InChI=1S/C14H14Br2OS/c1-3-17-11-7-5-4-6-10(11)13(15)12-8-9(2)14(16)18-12/h4-8,13H,3H2,1-2H3. The molecule has 0 spiro atoms. The van der Waals surface area contributed by atoms with E-state index < -0.39 is 0 Å². The minimum absolute atomic E-state index is 0.176. The lowest BCUT2D eigenvalue weighted by atomic mass is 10.1.